The zero-order chi connectivity index (χ0) is 14.0. The maximum atomic E-state index is 12.1. The van der Waals surface area contributed by atoms with Crippen molar-refractivity contribution in [2.75, 3.05) is 11.5 Å². The summed E-state index contributed by atoms with van der Waals surface area (Å²) >= 11 is 1.86. The fraction of sp³-hybridized carbons (Fsp3) is 0.714. The molecule has 5 heteroatoms. The number of aromatic nitrogens is 2. The number of aryl methyl sites for hydroxylation is 2. The minimum absolute atomic E-state index is 0.0739. The van der Waals surface area contributed by atoms with Crippen LogP contribution in [0.1, 0.15) is 30.3 Å². The highest BCUT2D eigenvalue weighted by Gasteiger charge is 2.24. The predicted molar refractivity (Wildman–Crippen MR) is 77.4 cm³/mol. The second kappa shape index (κ2) is 5.99. The lowest BCUT2D eigenvalue weighted by Gasteiger charge is -2.15. The van der Waals surface area contributed by atoms with Crippen LogP contribution in [0.4, 0.5) is 0 Å². The molecule has 2 rings (SSSR count). The molecule has 1 aromatic heterocycles. The van der Waals surface area contributed by atoms with Gasteiger partial charge in [-0.05, 0) is 38.0 Å². The van der Waals surface area contributed by atoms with E-state index in [1.807, 2.05) is 44.3 Å². The number of rotatable bonds is 4. The summed E-state index contributed by atoms with van der Waals surface area (Å²) in [5, 5.41) is 4.39. The third-order valence-corrected chi connectivity index (χ3v) is 4.87. The van der Waals surface area contributed by atoms with Crippen LogP contribution >= 0.6 is 11.8 Å². The van der Waals surface area contributed by atoms with E-state index in [1.165, 1.54) is 5.56 Å². The van der Waals surface area contributed by atoms with Crippen LogP contribution in [0.15, 0.2) is 0 Å². The zero-order valence-electron chi connectivity index (χ0n) is 12.1. The summed E-state index contributed by atoms with van der Waals surface area (Å²) in [6, 6.07) is 0. The van der Waals surface area contributed by atoms with Crippen LogP contribution in [0.5, 0.6) is 0 Å². The maximum absolute atomic E-state index is 12.1. The van der Waals surface area contributed by atoms with Crippen LogP contribution in [0.25, 0.3) is 0 Å². The fourth-order valence-corrected chi connectivity index (χ4v) is 3.48. The molecule has 0 unspecified atom stereocenters. The molecule has 19 heavy (non-hydrogen) atoms. The molecule has 1 fully saturated rings. The molecule has 0 amide bonds. The number of carbonyl (C=O) groups is 1. The molecule has 4 nitrogen and oxygen atoms in total. The smallest absolute Gasteiger partial charge is 0.309 e. The third-order valence-electron chi connectivity index (χ3n) is 3.74. The number of esters is 1. The monoisotopic (exact) mass is 282 g/mol. The van der Waals surface area contributed by atoms with Gasteiger partial charge in [-0.15, -0.1) is 0 Å². The van der Waals surface area contributed by atoms with Gasteiger partial charge < -0.3 is 4.74 Å². The van der Waals surface area contributed by atoms with E-state index in [0.717, 1.165) is 29.3 Å². The molecule has 1 aromatic rings. The molecule has 2 heterocycles. The first-order valence-electron chi connectivity index (χ1n) is 6.76. The summed E-state index contributed by atoms with van der Waals surface area (Å²) in [6.45, 7) is 5.98. The van der Waals surface area contributed by atoms with E-state index in [0.29, 0.717) is 6.42 Å². The Kier molecular flexibility index (Phi) is 4.55. The number of carbonyl (C=O) groups excluding carboxylic acids is 1. The minimum atomic E-state index is -0.104. The van der Waals surface area contributed by atoms with E-state index in [1.54, 1.807) is 0 Å². The second-order valence-corrected chi connectivity index (χ2v) is 6.45. The molecule has 1 saturated heterocycles. The van der Waals surface area contributed by atoms with Crippen molar-refractivity contribution in [3.63, 3.8) is 0 Å². The zero-order valence-corrected chi connectivity index (χ0v) is 12.9. The lowest BCUT2D eigenvalue weighted by atomic mass is 10.00. The van der Waals surface area contributed by atoms with Crippen LogP contribution in [0, 0.1) is 19.8 Å². The highest BCUT2D eigenvalue weighted by atomic mass is 32.2. The number of nitrogens with zero attached hydrogens (tertiary/aromatic N) is 2. The molecule has 0 spiro atoms. The highest BCUT2D eigenvalue weighted by Crippen LogP contribution is 2.23. The van der Waals surface area contributed by atoms with Gasteiger partial charge in [0.05, 0.1) is 11.6 Å². The average molecular weight is 282 g/mol. The van der Waals surface area contributed by atoms with Crippen molar-refractivity contribution in [2.45, 2.75) is 39.7 Å². The van der Waals surface area contributed by atoms with Gasteiger partial charge in [-0.2, -0.15) is 16.9 Å². The Hall–Kier alpha value is -0.970. The first-order valence-corrected chi connectivity index (χ1v) is 7.91. The lowest BCUT2D eigenvalue weighted by molar-refractivity contribution is -0.152. The third kappa shape index (κ3) is 3.32. The van der Waals surface area contributed by atoms with E-state index in [-0.39, 0.29) is 18.0 Å². The van der Waals surface area contributed by atoms with Gasteiger partial charge in [-0.25, -0.2) is 0 Å². The molecule has 0 radical (unpaired) electrons. The Morgan fingerprint density at radius 2 is 2.32 bits per heavy atom. The van der Waals surface area contributed by atoms with Gasteiger partial charge in [0.15, 0.2) is 0 Å². The van der Waals surface area contributed by atoms with Crippen LogP contribution in [-0.4, -0.2) is 33.4 Å². The van der Waals surface area contributed by atoms with Crippen LogP contribution in [0.2, 0.25) is 0 Å². The Bertz CT molecular complexity index is 464. The van der Waals surface area contributed by atoms with Gasteiger partial charge in [0.2, 0.25) is 0 Å². The second-order valence-electron chi connectivity index (χ2n) is 5.30. The Morgan fingerprint density at radius 1 is 1.58 bits per heavy atom. The lowest BCUT2D eigenvalue weighted by Crippen LogP contribution is -2.24. The molecule has 0 aromatic carbocycles. The van der Waals surface area contributed by atoms with E-state index in [9.17, 15) is 4.79 Å². The first kappa shape index (κ1) is 14.4. The van der Waals surface area contributed by atoms with E-state index in [4.69, 9.17) is 4.74 Å². The number of thioether (sulfide) groups is 1. The van der Waals surface area contributed by atoms with Gasteiger partial charge in [-0.1, -0.05) is 6.92 Å². The van der Waals surface area contributed by atoms with E-state index in [2.05, 4.69) is 5.10 Å². The van der Waals surface area contributed by atoms with Crippen molar-refractivity contribution in [3.05, 3.63) is 17.0 Å². The highest BCUT2D eigenvalue weighted by molar-refractivity contribution is 7.99. The predicted octanol–water partition coefficient (Wildman–Crippen LogP) is 2.26. The molecular weight excluding hydrogens is 260 g/mol. The summed E-state index contributed by atoms with van der Waals surface area (Å²) in [5.74, 6) is 1.87. The van der Waals surface area contributed by atoms with Crippen molar-refractivity contribution in [1.82, 2.24) is 9.78 Å². The molecule has 0 saturated carbocycles. The number of hydrogen-bond donors (Lipinski definition) is 0. The molecule has 2 atom stereocenters. The summed E-state index contributed by atoms with van der Waals surface area (Å²) in [6.07, 6.45) is 1.83. The van der Waals surface area contributed by atoms with Crippen LogP contribution in [0.3, 0.4) is 0 Å². The Labute approximate surface area is 118 Å². The number of hydrogen-bond acceptors (Lipinski definition) is 4. The fourth-order valence-electron chi connectivity index (χ4n) is 2.39. The Balaban J connectivity index is 1.95. The van der Waals surface area contributed by atoms with Crippen LogP contribution in [-0.2, 0) is 23.0 Å². The normalized spacial score (nSPS) is 20.5. The van der Waals surface area contributed by atoms with Crippen molar-refractivity contribution in [3.8, 4) is 0 Å². The van der Waals surface area contributed by atoms with E-state index >= 15 is 0 Å². The quantitative estimate of drug-likeness (QED) is 0.795. The Morgan fingerprint density at radius 3 is 2.84 bits per heavy atom. The standard InChI is InChI=1S/C14H22N2O2S/c1-9(14(17)18-12-5-6-19-8-12)7-13-10(2)15-16(4)11(13)3/h9,12H,5-8H2,1-4H3/t9-,12+/m1/s1. The van der Waals surface area contributed by atoms with Crippen molar-refractivity contribution < 1.29 is 9.53 Å². The van der Waals surface area contributed by atoms with Crippen molar-refractivity contribution >= 4 is 17.7 Å². The minimum Gasteiger partial charge on any atom is -0.461 e. The molecule has 1 aliphatic rings. The summed E-state index contributed by atoms with van der Waals surface area (Å²) in [7, 11) is 1.94. The largest absolute Gasteiger partial charge is 0.461 e. The summed E-state index contributed by atoms with van der Waals surface area (Å²) in [5.41, 5.74) is 3.32. The molecule has 106 valence electrons. The molecule has 0 bridgehead atoms. The van der Waals surface area contributed by atoms with E-state index < -0.39 is 0 Å². The van der Waals surface area contributed by atoms with Gasteiger partial charge >= 0.3 is 5.97 Å². The van der Waals surface area contributed by atoms with Gasteiger partial charge in [-0.3, -0.25) is 9.48 Å². The first-order chi connectivity index (χ1) is 8.99. The van der Waals surface area contributed by atoms with Gasteiger partial charge in [0, 0.05) is 18.5 Å². The molecule has 0 N–H and O–H groups in total. The topological polar surface area (TPSA) is 44.1 Å². The maximum Gasteiger partial charge on any atom is 0.309 e. The van der Waals surface area contributed by atoms with Gasteiger partial charge in [0.25, 0.3) is 0 Å². The van der Waals surface area contributed by atoms with Crippen molar-refractivity contribution in [1.29, 1.82) is 0 Å². The summed E-state index contributed by atoms with van der Waals surface area (Å²) in [4.78, 5) is 12.1. The molecule has 1 aliphatic heterocycles. The average Bonchev–Trinajstić information content (AvgIpc) is 2.94. The van der Waals surface area contributed by atoms with Crippen molar-refractivity contribution in [2.24, 2.45) is 13.0 Å². The molecule has 0 aliphatic carbocycles. The number of ether oxygens (including phenoxy) is 1. The SMILES string of the molecule is Cc1nn(C)c(C)c1C[C@@H](C)C(=O)O[C@H]1CCSC1. The van der Waals surface area contributed by atoms with Gasteiger partial charge in [0.1, 0.15) is 6.10 Å². The molecular formula is C14H22N2O2S. The van der Waals surface area contributed by atoms with Crippen LogP contribution < -0.4 is 0 Å². The summed E-state index contributed by atoms with van der Waals surface area (Å²) < 4.78 is 7.42.